The molecule has 1 saturated heterocycles. The molecule has 1 aliphatic rings. The molecule has 1 N–H and O–H groups in total. The Kier molecular flexibility index (Phi) is 5.13. The number of nitrogens with zero attached hydrogens (tertiary/aromatic N) is 2. The first-order valence-electron chi connectivity index (χ1n) is 7.88. The topological polar surface area (TPSA) is 49.0 Å². The maximum Gasteiger partial charge on any atom is 0.291 e. The van der Waals surface area contributed by atoms with Crippen molar-refractivity contribution >= 4 is 40.8 Å². The number of H-pyrrole nitrogens is 1. The van der Waals surface area contributed by atoms with Crippen molar-refractivity contribution < 1.29 is 0 Å². The van der Waals surface area contributed by atoms with Gasteiger partial charge in [0.2, 0.25) is 0 Å². The minimum absolute atomic E-state index is 0.168. The van der Waals surface area contributed by atoms with Gasteiger partial charge in [0.25, 0.3) is 5.56 Å². The van der Waals surface area contributed by atoms with Crippen molar-refractivity contribution in [2.75, 3.05) is 18.0 Å². The van der Waals surface area contributed by atoms with Gasteiger partial charge in [-0.05, 0) is 30.4 Å². The molecule has 0 radical (unpaired) electrons. The molecule has 2 aromatic rings. The molecular formula is C17H19Cl2N3OS. The van der Waals surface area contributed by atoms with Crippen LogP contribution in [0.2, 0.25) is 10.0 Å². The van der Waals surface area contributed by atoms with Crippen molar-refractivity contribution in [3.8, 4) is 0 Å². The quantitative estimate of drug-likeness (QED) is 0.818. The number of rotatable bonds is 4. The Labute approximate surface area is 155 Å². The summed E-state index contributed by atoms with van der Waals surface area (Å²) >= 11 is 13.6. The Morgan fingerprint density at radius 2 is 2.21 bits per heavy atom. The van der Waals surface area contributed by atoms with E-state index in [4.69, 9.17) is 23.2 Å². The van der Waals surface area contributed by atoms with Crippen LogP contribution in [-0.2, 0) is 0 Å². The van der Waals surface area contributed by atoms with Gasteiger partial charge in [-0.1, -0.05) is 54.9 Å². The molecule has 7 heteroatoms. The summed E-state index contributed by atoms with van der Waals surface area (Å²) in [7, 11) is 0. The Morgan fingerprint density at radius 1 is 1.42 bits per heavy atom. The van der Waals surface area contributed by atoms with E-state index in [1.54, 1.807) is 12.3 Å². The number of halogens is 2. The maximum atomic E-state index is 12.4. The van der Waals surface area contributed by atoms with Gasteiger partial charge in [0.15, 0.2) is 5.82 Å². The average molecular weight is 384 g/mol. The number of nitrogens with one attached hydrogen (secondary N) is 1. The van der Waals surface area contributed by atoms with Crippen LogP contribution in [0.15, 0.2) is 39.1 Å². The highest BCUT2D eigenvalue weighted by molar-refractivity contribution is 7.99. The summed E-state index contributed by atoms with van der Waals surface area (Å²) in [6.07, 6.45) is 3.86. The standard InChI is InChI=1S/C17H19Cl2N3OS/c1-3-17(2)7-8-22(10-17)15-16(23)21-13(9-20-15)24-12-6-4-5-11(18)14(12)19/h4-6,9H,3,7-8,10H2,1-2H3,(H,21,23). The van der Waals surface area contributed by atoms with Crippen LogP contribution in [0.4, 0.5) is 5.82 Å². The minimum atomic E-state index is -0.168. The normalized spacial score (nSPS) is 20.6. The molecule has 0 saturated carbocycles. The number of hydrogen-bond donors (Lipinski definition) is 1. The second kappa shape index (κ2) is 6.98. The highest BCUT2D eigenvalue weighted by Gasteiger charge is 2.33. The van der Waals surface area contributed by atoms with Gasteiger partial charge < -0.3 is 9.88 Å². The fourth-order valence-corrected chi connectivity index (χ4v) is 4.13. The number of hydrogen-bond acceptors (Lipinski definition) is 4. The second-order valence-corrected chi connectivity index (χ2v) is 8.26. The van der Waals surface area contributed by atoms with Crippen molar-refractivity contribution in [1.29, 1.82) is 0 Å². The zero-order valence-electron chi connectivity index (χ0n) is 13.6. The molecule has 0 aliphatic carbocycles. The van der Waals surface area contributed by atoms with Crippen molar-refractivity contribution in [1.82, 2.24) is 9.97 Å². The third-order valence-electron chi connectivity index (χ3n) is 4.59. The smallest absolute Gasteiger partial charge is 0.291 e. The minimum Gasteiger partial charge on any atom is -0.351 e. The average Bonchev–Trinajstić information content (AvgIpc) is 2.95. The first kappa shape index (κ1) is 17.6. The molecular weight excluding hydrogens is 365 g/mol. The van der Waals surface area contributed by atoms with Crippen molar-refractivity contribution in [2.45, 2.75) is 36.6 Å². The molecule has 0 spiro atoms. The van der Waals surface area contributed by atoms with Gasteiger partial charge in [-0.2, -0.15) is 0 Å². The Bertz CT molecular complexity index is 811. The van der Waals surface area contributed by atoms with E-state index in [0.717, 1.165) is 30.8 Å². The molecule has 1 atom stereocenters. The van der Waals surface area contributed by atoms with E-state index in [2.05, 4.69) is 28.7 Å². The molecule has 3 rings (SSSR count). The van der Waals surface area contributed by atoms with Crippen LogP contribution in [0, 0.1) is 5.41 Å². The van der Waals surface area contributed by atoms with Gasteiger partial charge in [0, 0.05) is 18.0 Å². The Hall–Kier alpha value is -1.17. The van der Waals surface area contributed by atoms with Crippen LogP contribution in [-0.4, -0.2) is 23.1 Å². The zero-order chi connectivity index (χ0) is 17.3. The van der Waals surface area contributed by atoms with Gasteiger partial charge in [0.05, 0.1) is 21.3 Å². The molecule has 1 fully saturated rings. The summed E-state index contributed by atoms with van der Waals surface area (Å²) < 4.78 is 0. The molecule has 0 bridgehead atoms. The van der Waals surface area contributed by atoms with Gasteiger partial charge in [0.1, 0.15) is 0 Å². The first-order chi connectivity index (χ1) is 11.4. The summed E-state index contributed by atoms with van der Waals surface area (Å²) in [5, 5.41) is 1.61. The molecule has 1 aromatic heterocycles. The highest BCUT2D eigenvalue weighted by Crippen LogP contribution is 2.37. The lowest BCUT2D eigenvalue weighted by atomic mass is 9.87. The zero-order valence-corrected chi connectivity index (χ0v) is 15.9. The number of anilines is 1. The van der Waals surface area contributed by atoms with Crippen molar-refractivity contribution in [3.63, 3.8) is 0 Å². The predicted molar refractivity (Wildman–Crippen MR) is 101 cm³/mol. The summed E-state index contributed by atoms with van der Waals surface area (Å²) in [5.41, 5.74) is 0.0917. The summed E-state index contributed by atoms with van der Waals surface area (Å²) in [6.45, 7) is 6.18. The van der Waals surface area contributed by atoms with E-state index >= 15 is 0 Å². The van der Waals surface area contributed by atoms with Gasteiger partial charge in [-0.15, -0.1) is 0 Å². The summed E-state index contributed by atoms with van der Waals surface area (Å²) in [6, 6.07) is 5.42. The van der Waals surface area contributed by atoms with Gasteiger partial charge >= 0.3 is 0 Å². The number of aromatic amines is 1. The first-order valence-corrected chi connectivity index (χ1v) is 9.45. The van der Waals surface area contributed by atoms with E-state index in [9.17, 15) is 4.79 Å². The Balaban J connectivity index is 1.81. The van der Waals surface area contributed by atoms with Crippen LogP contribution in [0.25, 0.3) is 0 Å². The molecule has 0 amide bonds. The highest BCUT2D eigenvalue weighted by atomic mass is 35.5. The predicted octanol–water partition coefficient (Wildman–Crippen LogP) is 4.85. The fourth-order valence-electron chi connectivity index (χ4n) is 2.83. The van der Waals surface area contributed by atoms with Crippen LogP contribution in [0.3, 0.4) is 0 Å². The van der Waals surface area contributed by atoms with Crippen LogP contribution in [0.1, 0.15) is 26.7 Å². The monoisotopic (exact) mass is 383 g/mol. The molecule has 128 valence electrons. The molecule has 24 heavy (non-hydrogen) atoms. The molecule has 2 heterocycles. The van der Waals surface area contributed by atoms with Crippen LogP contribution < -0.4 is 10.5 Å². The summed E-state index contributed by atoms with van der Waals surface area (Å²) in [4.78, 5) is 22.6. The maximum absolute atomic E-state index is 12.4. The SMILES string of the molecule is CCC1(C)CCN(c2ncc(Sc3cccc(Cl)c3Cl)[nH]c2=O)C1. The second-order valence-electron chi connectivity index (χ2n) is 6.39. The molecule has 1 aliphatic heterocycles. The van der Waals surface area contributed by atoms with E-state index in [0.29, 0.717) is 20.9 Å². The molecule has 4 nitrogen and oxygen atoms in total. The number of benzene rings is 1. The van der Waals surface area contributed by atoms with Crippen molar-refractivity contribution in [3.05, 3.63) is 44.8 Å². The fraction of sp³-hybridized carbons (Fsp3) is 0.412. The molecule has 1 aromatic carbocycles. The van der Waals surface area contributed by atoms with E-state index < -0.39 is 0 Å². The van der Waals surface area contributed by atoms with Crippen LogP contribution >= 0.6 is 35.0 Å². The number of aromatic nitrogens is 2. The largest absolute Gasteiger partial charge is 0.351 e. The molecule has 1 unspecified atom stereocenters. The van der Waals surface area contributed by atoms with E-state index in [1.165, 1.54) is 11.8 Å². The van der Waals surface area contributed by atoms with Gasteiger partial charge in [-0.3, -0.25) is 4.79 Å². The van der Waals surface area contributed by atoms with Crippen molar-refractivity contribution in [2.24, 2.45) is 5.41 Å². The Morgan fingerprint density at radius 3 is 2.88 bits per heavy atom. The third kappa shape index (κ3) is 3.58. The third-order valence-corrected chi connectivity index (χ3v) is 6.51. The van der Waals surface area contributed by atoms with E-state index in [-0.39, 0.29) is 11.0 Å². The van der Waals surface area contributed by atoms with E-state index in [1.807, 2.05) is 12.1 Å². The lowest BCUT2D eigenvalue weighted by molar-refractivity contribution is 0.355. The van der Waals surface area contributed by atoms with Crippen LogP contribution in [0.5, 0.6) is 0 Å². The van der Waals surface area contributed by atoms with Gasteiger partial charge in [-0.25, -0.2) is 4.98 Å². The summed E-state index contributed by atoms with van der Waals surface area (Å²) in [5.74, 6) is 0.494. The lowest BCUT2D eigenvalue weighted by Gasteiger charge is -2.22. The lowest BCUT2D eigenvalue weighted by Crippen LogP contribution is -2.30.